The fourth-order valence-electron chi connectivity index (χ4n) is 2.22. The van der Waals surface area contributed by atoms with E-state index in [1.165, 1.54) is 24.3 Å². The van der Waals surface area contributed by atoms with Gasteiger partial charge >= 0.3 is 11.9 Å². The summed E-state index contributed by atoms with van der Waals surface area (Å²) in [7, 11) is 0. The van der Waals surface area contributed by atoms with Crippen molar-refractivity contribution in [1.29, 1.82) is 0 Å². The van der Waals surface area contributed by atoms with E-state index in [1.807, 2.05) is 6.92 Å². The summed E-state index contributed by atoms with van der Waals surface area (Å²) in [5.41, 5.74) is 0.249. The molecule has 0 atom stereocenters. The number of hydrogen-bond acceptors (Lipinski definition) is 4. The van der Waals surface area contributed by atoms with E-state index in [2.05, 4.69) is 0 Å². The minimum Gasteiger partial charge on any atom is -0.478 e. The molecular formula is C19H20O6. The third-order valence-corrected chi connectivity index (χ3v) is 3.49. The molecule has 0 fully saturated rings. The van der Waals surface area contributed by atoms with Crippen molar-refractivity contribution >= 4 is 11.9 Å². The molecule has 0 aromatic heterocycles. The number of benzene rings is 2. The lowest BCUT2D eigenvalue weighted by Crippen LogP contribution is -2.24. The molecule has 2 N–H and O–H groups in total. The molecule has 0 amide bonds. The zero-order valence-electron chi connectivity index (χ0n) is 13.8. The fourth-order valence-corrected chi connectivity index (χ4v) is 2.22. The second-order valence-corrected chi connectivity index (χ2v) is 5.47. The van der Waals surface area contributed by atoms with E-state index in [4.69, 9.17) is 19.7 Å². The highest BCUT2D eigenvalue weighted by Crippen LogP contribution is 2.21. The third-order valence-electron chi connectivity index (χ3n) is 3.49. The van der Waals surface area contributed by atoms with Crippen LogP contribution in [0, 0.1) is 0 Å². The number of carboxylic acids is 2. The van der Waals surface area contributed by atoms with Gasteiger partial charge in [0.15, 0.2) is 0 Å². The number of carbonyl (C=O) groups is 2. The van der Waals surface area contributed by atoms with E-state index in [0.717, 1.165) is 12.8 Å². The van der Waals surface area contributed by atoms with Crippen LogP contribution in [0.2, 0.25) is 0 Å². The predicted molar refractivity (Wildman–Crippen MR) is 91.4 cm³/mol. The minimum atomic E-state index is -1.04. The summed E-state index contributed by atoms with van der Waals surface area (Å²) >= 11 is 0. The monoisotopic (exact) mass is 344 g/mol. The Hall–Kier alpha value is -3.02. The summed E-state index contributed by atoms with van der Waals surface area (Å²) in [5.74, 6) is -1.30. The molecule has 2 aromatic rings. The highest BCUT2D eigenvalue weighted by molar-refractivity contribution is 5.88. The van der Waals surface area contributed by atoms with Gasteiger partial charge in [0.1, 0.15) is 11.5 Å². The summed E-state index contributed by atoms with van der Waals surface area (Å²) in [6, 6.07) is 12.3. The molecule has 0 aliphatic heterocycles. The van der Waals surface area contributed by atoms with Crippen molar-refractivity contribution in [2.45, 2.75) is 32.5 Å². The normalized spacial score (nSPS) is 10.5. The Labute approximate surface area is 145 Å². The van der Waals surface area contributed by atoms with Crippen molar-refractivity contribution in [2.75, 3.05) is 0 Å². The lowest BCUT2D eigenvalue weighted by atomic mass is 10.2. The third kappa shape index (κ3) is 5.53. The van der Waals surface area contributed by atoms with E-state index in [-0.39, 0.29) is 11.1 Å². The van der Waals surface area contributed by atoms with Gasteiger partial charge in [-0.2, -0.15) is 0 Å². The molecule has 6 heteroatoms. The molecule has 0 spiro atoms. The molecule has 0 aliphatic rings. The van der Waals surface area contributed by atoms with Crippen LogP contribution in [0.15, 0.2) is 48.5 Å². The van der Waals surface area contributed by atoms with Crippen LogP contribution in [0.4, 0.5) is 0 Å². The van der Waals surface area contributed by atoms with E-state index in [1.54, 1.807) is 24.3 Å². The van der Waals surface area contributed by atoms with Crippen molar-refractivity contribution in [3.8, 4) is 11.5 Å². The van der Waals surface area contributed by atoms with Gasteiger partial charge in [-0.25, -0.2) is 9.59 Å². The van der Waals surface area contributed by atoms with Crippen LogP contribution in [-0.2, 0) is 0 Å². The van der Waals surface area contributed by atoms with Crippen molar-refractivity contribution in [3.63, 3.8) is 0 Å². The molecule has 2 aromatic carbocycles. The Morgan fingerprint density at radius 1 is 0.920 bits per heavy atom. The molecule has 0 unspecified atom stereocenters. The molecule has 0 bridgehead atoms. The van der Waals surface area contributed by atoms with Crippen LogP contribution in [0.5, 0.6) is 11.5 Å². The SMILES string of the molecule is CCCCC(Oc1cccc(C(=O)O)c1)Oc1cccc(C(=O)O)c1. The largest absolute Gasteiger partial charge is 0.478 e. The van der Waals surface area contributed by atoms with Gasteiger partial charge in [-0.3, -0.25) is 0 Å². The van der Waals surface area contributed by atoms with Crippen molar-refractivity contribution in [3.05, 3.63) is 59.7 Å². The summed E-state index contributed by atoms with van der Waals surface area (Å²) in [6.45, 7) is 2.03. The summed E-state index contributed by atoms with van der Waals surface area (Å²) < 4.78 is 11.6. The number of carboxylic acid groups (broad SMARTS) is 2. The van der Waals surface area contributed by atoms with Gasteiger partial charge in [0.2, 0.25) is 6.29 Å². The first-order valence-corrected chi connectivity index (χ1v) is 7.99. The van der Waals surface area contributed by atoms with Gasteiger partial charge < -0.3 is 19.7 Å². The fraction of sp³-hybridized carbons (Fsp3) is 0.263. The standard InChI is InChI=1S/C19H20O6/c1-2-3-10-17(24-15-8-4-6-13(11-15)18(20)21)25-16-9-5-7-14(12-16)19(22)23/h4-9,11-12,17H,2-3,10H2,1H3,(H,20,21)(H,22,23). The van der Waals surface area contributed by atoms with Crippen molar-refractivity contribution in [2.24, 2.45) is 0 Å². The Kier molecular flexibility index (Phi) is 6.39. The molecule has 2 rings (SSSR count). The van der Waals surface area contributed by atoms with E-state index < -0.39 is 18.2 Å². The molecule has 0 saturated carbocycles. The van der Waals surface area contributed by atoms with Crippen LogP contribution < -0.4 is 9.47 Å². The lowest BCUT2D eigenvalue weighted by molar-refractivity contribution is -0.00234. The quantitative estimate of drug-likeness (QED) is 0.666. The number of ether oxygens (including phenoxy) is 2. The van der Waals surface area contributed by atoms with Gasteiger partial charge in [0, 0.05) is 6.42 Å². The molecule has 0 radical (unpaired) electrons. The van der Waals surface area contributed by atoms with Crippen LogP contribution in [0.1, 0.15) is 46.9 Å². The van der Waals surface area contributed by atoms with Gasteiger partial charge in [-0.15, -0.1) is 0 Å². The number of rotatable bonds is 9. The Morgan fingerprint density at radius 2 is 1.40 bits per heavy atom. The maximum absolute atomic E-state index is 11.1. The lowest BCUT2D eigenvalue weighted by Gasteiger charge is -2.21. The molecule has 0 aliphatic carbocycles. The summed E-state index contributed by atoms with van der Waals surface area (Å²) in [4.78, 5) is 22.1. The Bertz CT molecular complexity index is 681. The predicted octanol–water partition coefficient (Wildman–Crippen LogP) is 4.06. The van der Waals surface area contributed by atoms with Gasteiger partial charge in [0.25, 0.3) is 0 Å². The molecule has 25 heavy (non-hydrogen) atoms. The maximum atomic E-state index is 11.1. The molecule has 132 valence electrons. The maximum Gasteiger partial charge on any atom is 0.335 e. The van der Waals surface area contributed by atoms with E-state index in [9.17, 15) is 9.59 Å². The summed E-state index contributed by atoms with van der Waals surface area (Å²) in [5, 5.41) is 18.1. The molecule has 0 saturated heterocycles. The topological polar surface area (TPSA) is 93.1 Å². The van der Waals surface area contributed by atoms with Crippen molar-refractivity contribution in [1.82, 2.24) is 0 Å². The zero-order chi connectivity index (χ0) is 18.2. The summed E-state index contributed by atoms with van der Waals surface area (Å²) in [6.07, 6.45) is 1.73. The smallest absolute Gasteiger partial charge is 0.335 e. The second-order valence-electron chi connectivity index (χ2n) is 5.47. The number of unbranched alkanes of at least 4 members (excludes halogenated alkanes) is 1. The van der Waals surface area contributed by atoms with Crippen LogP contribution >= 0.6 is 0 Å². The molecule has 0 heterocycles. The molecular weight excluding hydrogens is 324 g/mol. The Morgan fingerprint density at radius 3 is 1.80 bits per heavy atom. The number of hydrogen-bond donors (Lipinski definition) is 2. The average Bonchev–Trinajstić information content (AvgIpc) is 2.60. The van der Waals surface area contributed by atoms with Crippen molar-refractivity contribution < 1.29 is 29.3 Å². The molecule has 6 nitrogen and oxygen atoms in total. The number of aromatic carboxylic acids is 2. The minimum absolute atomic E-state index is 0.125. The first-order chi connectivity index (χ1) is 12.0. The Balaban J connectivity index is 2.15. The first-order valence-electron chi connectivity index (χ1n) is 7.99. The van der Waals surface area contributed by atoms with Crippen LogP contribution in [-0.4, -0.2) is 28.4 Å². The van der Waals surface area contributed by atoms with Crippen LogP contribution in [0.3, 0.4) is 0 Å². The van der Waals surface area contributed by atoms with E-state index in [0.29, 0.717) is 17.9 Å². The highest BCUT2D eigenvalue weighted by Gasteiger charge is 2.14. The zero-order valence-corrected chi connectivity index (χ0v) is 13.8. The van der Waals surface area contributed by atoms with E-state index >= 15 is 0 Å². The van der Waals surface area contributed by atoms with Gasteiger partial charge in [0.05, 0.1) is 11.1 Å². The first kappa shape index (κ1) is 18.3. The second kappa shape index (κ2) is 8.73. The van der Waals surface area contributed by atoms with Gasteiger partial charge in [-0.05, 0) is 42.8 Å². The van der Waals surface area contributed by atoms with Gasteiger partial charge in [-0.1, -0.05) is 25.5 Å². The highest BCUT2D eigenvalue weighted by atomic mass is 16.7. The average molecular weight is 344 g/mol. The van der Waals surface area contributed by atoms with Crippen LogP contribution in [0.25, 0.3) is 0 Å².